The van der Waals surface area contributed by atoms with Crippen LogP contribution in [0, 0.1) is 0 Å². The van der Waals surface area contributed by atoms with E-state index >= 15 is 0 Å². The maximum absolute atomic E-state index is 12.0. The third kappa shape index (κ3) is 3.47. The highest BCUT2D eigenvalue weighted by Crippen LogP contribution is 2.20. The van der Waals surface area contributed by atoms with E-state index in [1.807, 2.05) is 24.3 Å². The quantitative estimate of drug-likeness (QED) is 0.872. The van der Waals surface area contributed by atoms with E-state index in [-0.39, 0.29) is 5.91 Å². The van der Waals surface area contributed by atoms with Crippen LogP contribution in [0.2, 0.25) is 0 Å². The first-order chi connectivity index (χ1) is 9.31. The summed E-state index contributed by atoms with van der Waals surface area (Å²) in [5.41, 5.74) is 1.73. The number of rotatable bonds is 4. The number of carbonyl (C=O) groups is 1. The maximum Gasteiger partial charge on any atom is 0.251 e. The first kappa shape index (κ1) is 12.5. The van der Waals surface area contributed by atoms with E-state index in [1.54, 1.807) is 0 Å². The van der Waals surface area contributed by atoms with Gasteiger partial charge in [0.25, 0.3) is 5.91 Å². The second-order valence-corrected chi connectivity index (χ2v) is 5.39. The molecule has 19 heavy (non-hydrogen) atoms. The Balaban J connectivity index is 1.62. The minimum atomic E-state index is 0.0334. The van der Waals surface area contributed by atoms with Gasteiger partial charge in [-0.05, 0) is 43.9 Å². The van der Waals surface area contributed by atoms with E-state index in [4.69, 9.17) is 4.74 Å². The van der Waals surface area contributed by atoms with Gasteiger partial charge in [0.05, 0.1) is 6.61 Å². The summed E-state index contributed by atoms with van der Waals surface area (Å²) in [7, 11) is 0. The summed E-state index contributed by atoms with van der Waals surface area (Å²) in [4.78, 5) is 12.0. The van der Waals surface area contributed by atoms with E-state index in [2.05, 4.69) is 10.6 Å². The Morgan fingerprint density at radius 1 is 1.21 bits per heavy atom. The summed E-state index contributed by atoms with van der Waals surface area (Å²) < 4.78 is 5.45. The monoisotopic (exact) mass is 260 g/mol. The summed E-state index contributed by atoms with van der Waals surface area (Å²) in [6.07, 6.45) is 4.45. The molecule has 0 aromatic heterocycles. The van der Waals surface area contributed by atoms with E-state index in [0.29, 0.717) is 12.1 Å². The standard InChI is InChI=1S/C15H20N2O2/c18-15(17-12-6-7-12)11-3-1-4-13(9-11)16-14-5-2-8-19-10-14/h1,3-4,9,12,14,16H,2,5-8,10H2,(H,17,18). The number of hydrogen-bond donors (Lipinski definition) is 2. The molecule has 0 spiro atoms. The topological polar surface area (TPSA) is 50.4 Å². The van der Waals surface area contributed by atoms with Gasteiger partial charge < -0.3 is 15.4 Å². The number of amides is 1. The number of ether oxygens (including phenoxy) is 1. The minimum Gasteiger partial charge on any atom is -0.380 e. The molecule has 3 rings (SSSR count). The highest BCUT2D eigenvalue weighted by molar-refractivity contribution is 5.95. The van der Waals surface area contributed by atoms with Gasteiger partial charge >= 0.3 is 0 Å². The fourth-order valence-corrected chi connectivity index (χ4v) is 2.34. The highest BCUT2D eigenvalue weighted by Gasteiger charge is 2.23. The molecule has 2 fully saturated rings. The first-order valence-corrected chi connectivity index (χ1v) is 7.06. The van der Waals surface area contributed by atoms with Crippen LogP contribution in [0.25, 0.3) is 0 Å². The molecule has 4 heteroatoms. The Labute approximate surface area is 113 Å². The van der Waals surface area contributed by atoms with Gasteiger partial charge in [0.15, 0.2) is 0 Å². The third-order valence-electron chi connectivity index (χ3n) is 3.57. The Hall–Kier alpha value is -1.55. The van der Waals surface area contributed by atoms with E-state index < -0.39 is 0 Å². The number of anilines is 1. The molecule has 1 aromatic carbocycles. The number of benzene rings is 1. The second kappa shape index (κ2) is 5.61. The summed E-state index contributed by atoms with van der Waals surface area (Å²) in [5, 5.41) is 6.45. The molecule has 1 aliphatic heterocycles. The van der Waals surface area contributed by atoms with Gasteiger partial charge in [-0.2, -0.15) is 0 Å². The van der Waals surface area contributed by atoms with Gasteiger partial charge in [0, 0.05) is 29.9 Å². The van der Waals surface area contributed by atoms with Crippen molar-refractivity contribution in [3.63, 3.8) is 0 Å². The van der Waals surface area contributed by atoms with E-state index in [9.17, 15) is 4.79 Å². The molecule has 1 saturated heterocycles. The molecule has 1 saturated carbocycles. The van der Waals surface area contributed by atoms with Gasteiger partial charge in [-0.25, -0.2) is 0 Å². The number of carbonyl (C=O) groups excluding carboxylic acids is 1. The summed E-state index contributed by atoms with van der Waals surface area (Å²) in [6.45, 7) is 1.61. The SMILES string of the molecule is O=C(NC1CC1)c1cccc(NC2CCCOC2)c1. The third-order valence-corrected chi connectivity index (χ3v) is 3.57. The molecule has 4 nitrogen and oxygen atoms in total. The zero-order chi connectivity index (χ0) is 13.1. The Morgan fingerprint density at radius 2 is 2.11 bits per heavy atom. The number of nitrogens with one attached hydrogen (secondary N) is 2. The van der Waals surface area contributed by atoms with E-state index in [0.717, 1.165) is 50.1 Å². The van der Waals surface area contributed by atoms with Gasteiger partial charge in [0.1, 0.15) is 0 Å². The van der Waals surface area contributed by atoms with Gasteiger partial charge in [-0.1, -0.05) is 6.07 Å². The fraction of sp³-hybridized carbons (Fsp3) is 0.533. The van der Waals surface area contributed by atoms with Crippen molar-refractivity contribution in [2.45, 2.75) is 37.8 Å². The second-order valence-electron chi connectivity index (χ2n) is 5.39. The Kier molecular flexibility index (Phi) is 3.69. The minimum absolute atomic E-state index is 0.0334. The zero-order valence-electron chi connectivity index (χ0n) is 11.0. The van der Waals surface area contributed by atoms with Crippen LogP contribution in [0.1, 0.15) is 36.0 Å². The summed E-state index contributed by atoms with van der Waals surface area (Å²) in [5.74, 6) is 0.0334. The van der Waals surface area contributed by atoms with Crippen LogP contribution in [-0.2, 0) is 4.74 Å². The van der Waals surface area contributed by atoms with Gasteiger partial charge in [-0.15, -0.1) is 0 Å². The van der Waals surface area contributed by atoms with Gasteiger partial charge in [-0.3, -0.25) is 4.79 Å². The van der Waals surface area contributed by atoms with Crippen molar-refractivity contribution in [1.29, 1.82) is 0 Å². The smallest absolute Gasteiger partial charge is 0.251 e. The lowest BCUT2D eigenvalue weighted by molar-refractivity contribution is 0.0876. The van der Waals surface area contributed by atoms with Crippen molar-refractivity contribution in [2.75, 3.05) is 18.5 Å². The largest absolute Gasteiger partial charge is 0.380 e. The van der Waals surface area contributed by atoms with E-state index in [1.165, 1.54) is 0 Å². The Bertz CT molecular complexity index is 451. The van der Waals surface area contributed by atoms with Crippen molar-refractivity contribution in [3.05, 3.63) is 29.8 Å². The summed E-state index contributed by atoms with van der Waals surface area (Å²) in [6, 6.07) is 8.47. The zero-order valence-corrected chi connectivity index (χ0v) is 11.0. The van der Waals surface area contributed by atoms with Crippen molar-refractivity contribution in [1.82, 2.24) is 5.32 Å². The molecular weight excluding hydrogens is 240 g/mol. The van der Waals surface area contributed by atoms with Crippen LogP contribution in [0.3, 0.4) is 0 Å². The van der Waals surface area contributed by atoms with Crippen LogP contribution >= 0.6 is 0 Å². The average molecular weight is 260 g/mol. The van der Waals surface area contributed by atoms with Gasteiger partial charge in [0.2, 0.25) is 0 Å². The van der Waals surface area contributed by atoms with Crippen molar-refractivity contribution in [2.24, 2.45) is 0 Å². The molecule has 1 aliphatic carbocycles. The molecule has 1 aromatic rings. The Morgan fingerprint density at radius 3 is 2.84 bits per heavy atom. The van der Waals surface area contributed by atoms with Crippen LogP contribution < -0.4 is 10.6 Å². The molecule has 2 aliphatic rings. The van der Waals surface area contributed by atoms with Crippen molar-refractivity contribution >= 4 is 11.6 Å². The molecule has 102 valence electrons. The molecular formula is C15H20N2O2. The fourth-order valence-electron chi connectivity index (χ4n) is 2.34. The predicted molar refractivity (Wildman–Crippen MR) is 74.4 cm³/mol. The normalized spacial score (nSPS) is 22.8. The molecule has 0 bridgehead atoms. The average Bonchev–Trinajstić information content (AvgIpc) is 3.24. The van der Waals surface area contributed by atoms with Crippen LogP contribution in [-0.4, -0.2) is 31.2 Å². The molecule has 2 N–H and O–H groups in total. The van der Waals surface area contributed by atoms with Crippen LogP contribution in [0.4, 0.5) is 5.69 Å². The van der Waals surface area contributed by atoms with Crippen molar-refractivity contribution in [3.8, 4) is 0 Å². The molecule has 1 unspecified atom stereocenters. The van der Waals surface area contributed by atoms with Crippen LogP contribution in [0.15, 0.2) is 24.3 Å². The molecule has 1 atom stereocenters. The lowest BCUT2D eigenvalue weighted by atomic mass is 10.1. The molecule has 1 heterocycles. The number of hydrogen-bond acceptors (Lipinski definition) is 3. The maximum atomic E-state index is 12.0. The highest BCUT2D eigenvalue weighted by atomic mass is 16.5. The molecule has 1 amide bonds. The lowest BCUT2D eigenvalue weighted by Gasteiger charge is -2.24. The van der Waals surface area contributed by atoms with Crippen molar-refractivity contribution < 1.29 is 9.53 Å². The lowest BCUT2D eigenvalue weighted by Crippen LogP contribution is -2.30. The summed E-state index contributed by atoms with van der Waals surface area (Å²) >= 11 is 0. The molecule has 0 radical (unpaired) electrons. The first-order valence-electron chi connectivity index (χ1n) is 7.06. The van der Waals surface area contributed by atoms with Crippen LogP contribution in [0.5, 0.6) is 0 Å². The predicted octanol–water partition coefficient (Wildman–Crippen LogP) is 2.17.